The second-order valence-corrected chi connectivity index (χ2v) is 7.76. The minimum absolute atomic E-state index is 0.0736. The average molecular weight is 320 g/mol. The molecule has 0 saturated heterocycles. The molecule has 130 valence electrons. The van der Waals surface area contributed by atoms with Gasteiger partial charge in [0.05, 0.1) is 11.2 Å². The minimum atomic E-state index is -1.14. The van der Waals surface area contributed by atoms with E-state index in [1.807, 2.05) is 32.1 Å². The van der Waals surface area contributed by atoms with Crippen LogP contribution in [0.15, 0.2) is 36.0 Å². The normalized spacial score (nSPS) is 39.4. The van der Waals surface area contributed by atoms with E-state index in [4.69, 9.17) is 0 Å². The van der Waals surface area contributed by atoms with Crippen LogP contribution >= 0.6 is 0 Å². The molecule has 0 heterocycles. The molecule has 1 rings (SSSR count). The zero-order valence-corrected chi connectivity index (χ0v) is 15.2. The van der Waals surface area contributed by atoms with E-state index in [1.54, 1.807) is 19.1 Å². The first-order valence-corrected chi connectivity index (χ1v) is 8.52. The van der Waals surface area contributed by atoms with Crippen molar-refractivity contribution in [2.24, 2.45) is 11.8 Å². The van der Waals surface area contributed by atoms with Crippen molar-refractivity contribution in [3.8, 4) is 0 Å². The third kappa shape index (κ3) is 7.76. The van der Waals surface area contributed by atoms with E-state index in [0.717, 1.165) is 12.0 Å². The molecule has 3 atom stereocenters. The molecule has 1 aliphatic carbocycles. The predicted octanol–water partition coefficient (Wildman–Crippen LogP) is 3.96. The summed E-state index contributed by atoms with van der Waals surface area (Å²) in [5.74, 6) is 0.597. The molecule has 0 aliphatic heterocycles. The lowest BCUT2D eigenvalue weighted by atomic mass is 9.84. The third-order valence-corrected chi connectivity index (χ3v) is 4.40. The Hall–Kier alpha value is -1.19. The Morgan fingerprint density at radius 3 is 2.43 bits per heavy atom. The van der Waals surface area contributed by atoms with Crippen molar-refractivity contribution < 1.29 is 15.0 Å². The molecule has 0 amide bonds. The third-order valence-electron chi connectivity index (χ3n) is 4.40. The van der Waals surface area contributed by atoms with Crippen LogP contribution in [0.5, 0.6) is 0 Å². The summed E-state index contributed by atoms with van der Waals surface area (Å²) in [5.41, 5.74) is -1.06. The standard InChI is InChI=1S/C20H32O3/c1-15(2)17-8-11-19(4,22)10-6-7-16(3)13-18(21)14-20(5,23)12-9-17/h6,9-10,12-13,15,17,22-23H,7-8,11,14H2,1-5H3/b10-6+,12-9+,16-13+/t17-,19-,20-/m1/s1. The van der Waals surface area contributed by atoms with Gasteiger partial charge in [-0.2, -0.15) is 0 Å². The van der Waals surface area contributed by atoms with Gasteiger partial charge in [0.2, 0.25) is 0 Å². The minimum Gasteiger partial charge on any atom is -0.386 e. The molecule has 1 aliphatic rings. The van der Waals surface area contributed by atoms with Crippen molar-refractivity contribution in [3.05, 3.63) is 36.0 Å². The largest absolute Gasteiger partial charge is 0.386 e. The Morgan fingerprint density at radius 2 is 1.83 bits per heavy atom. The van der Waals surface area contributed by atoms with Gasteiger partial charge in [0.15, 0.2) is 5.78 Å². The molecule has 23 heavy (non-hydrogen) atoms. The van der Waals surface area contributed by atoms with Gasteiger partial charge in [0.25, 0.3) is 0 Å². The maximum absolute atomic E-state index is 12.1. The zero-order valence-electron chi connectivity index (χ0n) is 15.2. The van der Waals surface area contributed by atoms with Crippen molar-refractivity contribution in [2.45, 2.75) is 71.5 Å². The average Bonchev–Trinajstić information content (AvgIpc) is 2.35. The van der Waals surface area contributed by atoms with Crippen LogP contribution in [0.2, 0.25) is 0 Å². The number of allylic oxidation sites excluding steroid dienone is 4. The molecule has 3 nitrogen and oxygen atoms in total. The van der Waals surface area contributed by atoms with Crippen molar-refractivity contribution in [3.63, 3.8) is 0 Å². The molecule has 0 aromatic heterocycles. The molecular formula is C20H32O3. The van der Waals surface area contributed by atoms with Crippen molar-refractivity contribution >= 4 is 5.78 Å². The van der Waals surface area contributed by atoms with Gasteiger partial charge in [0, 0.05) is 6.42 Å². The van der Waals surface area contributed by atoms with E-state index in [9.17, 15) is 15.0 Å². The van der Waals surface area contributed by atoms with Crippen LogP contribution < -0.4 is 0 Å². The van der Waals surface area contributed by atoms with Crippen LogP contribution in [0, 0.1) is 11.8 Å². The fourth-order valence-corrected chi connectivity index (χ4v) is 2.82. The molecule has 0 fully saturated rings. The highest BCUT2D eigenvalue weighted by Gasteiger charge is 2.23. The highest BCUT2D eigenvalue weighted by molar-refractivity contribution is 5.91. The summed E-state index contributed by atoms with van der Waals surface area (Å²) in [7, 11) is 0. The summed E-state index contributed by atoms with van der Waals surface area (Å²) < 4.78 is 0. The summed E-state index contributed by atoms with van der Waals surface area (Å²) >= 11 is 0. The summed E-state index contributed by atoms with van der Waals surface area (Å²) in [4.78, 5) is 12.1. The van der Waals surface area contributed by atoms with Gasteiger partial charge in [-0.05, 0) is 57.9 Å². The summed E-state index contributed by atoms with van der Waals surface area (Å²) in [6.07, 6.45) is 11.3. The van der Waals surface area contributed by atoms with Gasteiger partial charge in [-0.25, -0.2) is 0 Å². The van der Waals surface area contributed by atoms with Gasteiger partial charge in [-0.15, -0.1) is 0 Å². The zero-order chi connectivity index (χ0) is 17.7. The predicted molar refractivity (Wildman–Crippen MR) is 95.1 cm³/mol. The highest BCUT2D eigenvalue weighted by atomic mass is 16.3. The topological polar surface area (TPSA) is 57.5 Å². The number of aliphatic hydroxyl groups is 2. The number of rotatable bonds is 1. The number of carbonyl (C=O) groups excluding carboxylic acids is 1. The number of hydrogen-bond acceptors (Lipinski definition) is 3. The second kappa shape index (κ2) is 8.07. The number of hydrogen-bond donors (Lipinski definition) is 2. The molecule has 2 N–H and O–H groups in total. The van der Waals surface area contributed by atoms with E-state index in [0.29, 0.717) is 18.8 Å². The first-order chi connectivity index (χ1) is 10.5. The summed E-state index contributed by atoms with van der Waals surface area (Å²) in [6.45, 7) is 9.65. The lowest BCUT2D eigenvalue weighted by Gasteiger charge is -2.25. The van der Waals surface area contributed by atoms with Crippen LogP contribution in [0.1, 0.15) is 60.3 Å². The van der Waals surface area contributed by atoms with Crippen LogP contribution in [0.4, 0.5) is 0 Å². The SMILES string of the molecule is C/C1=C\C(=O)C[C@](C)(O)/C=C/[C@H](C(C)C)CC[C@](C)(O)/C=C/C1. The van der Waals surface area contributed by atoms with Crippen LogP contribution in [0.3, 0.4) is 0 Å². The fourth-order valence-electron chi connectivity index (χ4n) is 2.82. The first kappa shape index (κ1) is 19.9. The van der Waals surface area contributed by atoms with Crippen LogP contribution in [-0.2, 0) is 4.79 Å². The lowest BCUT2D eigenvalue weighted by molar-refractivity contribution is -0.117. The van der Waals surface area contributed by atoms with E-state index in [2.05, 4.69) is 13.8 Å². The van der Waals surface area contributed by atoms with Crippen LogP contribution in [0.25, 0.3) is 0 Å². The molecule has 0 bridgehead atoms. The van der Waals surface area contributed by atoms with Crippen molar-refractivity contribution in [2.75, 3.05) is 0 Å². The van der Waals surface area contributed by atoms with Gasteiger partial charge in [-0.1, -0.05) is 43.7 Å². The maximum Gasteiger partial charge on any atom is 0.158 e. The second-order valence-electron chi connectivity index (χ2n) is 7.76. The lowest BCUT2D eigenvalue weighted by Crippen LogP contribution is -2.26. The highest BCUT2D eigenvalue weighted by Crippen LogP contribution is 2.26. The number of carbonyl (C=O) groups is 1. The fraction of sp³-hybridized carbons (Fsp3) is 0.650. The Kier molecular flexibility index (Phi) is 6.97. The maximum atomic E-state index is 12.1. The summed E-state index contributed by atoms with van der Waals surface area (Å²) in [6, 6.07) is 0. The van der Waals surface area contributed by atoms with Gasteiger partial charge in [-0.3, -0.25) is 4.79 Å². The van der Waals surface area contributed by atoms with Crippen molar-refractivity contribution in [1.82, 2.24) is 0 Å². The molecule has 3 heteroatoms. The molecule has 0 aromatic carbocycles. The Labute approximate surface area is 140 Å². The first-order valence-electron chi connectivity index (χ1n) is 8.52. The van der Waals surface area contributed by atoms with E-state index in [-0.39, 0.29) is 18.1 Å². The van der Waals surface area contributed by atoms with Crippen molar-refractivity contribution in [1.29, 1.82) is 0 Å². The van der Waals surface area contributed by atoms with Gasteiger partial charge < -0.3 is 10.2 Å². The Balaban J connectivity index is 3.08. The van der Waals surface area contributed by atoms with E-state index in [1.165, 1.54) is 0 Å². The monoisotopic (exact) mass is 320 g/mol. The van der Waals surface area contributed by atoms with Gasteiger partial charge in [0.1, 0.15) is 0 Å². The van der Waals surface area contributed by atoms with E-state index < -0.39 is 11.2 Å². The molecule has 0 spiro atoms. The van der Waals surface area contributed by atoms with Crippen LogP contribution in [-0.4, -0.2) is 27.2 Å². The molecular weight excluding hydrogens is 288 g/mol. The molecule has 0 aromatic rings. The Morgan fingerprint density at radius 1 is 1.17 bits per heavy atom. The quantitative estimate of drug-likeness (QED) is 0.719. The van der Waals surface area contributed by atoms with Gasteiger partial charge >= 0.3 is 0 Å². The molecule has 0 unspecified atom stereocenters. The summed E-state index contributed by atoms with van der Waals surface area (Å²) in [5, 5.41) is 20.9. The number of ketones is 1. The smallest absolute Gasteiger partial charge is 0.158 e. The van der Waals surface area contributed by atoms with E-state index >= 15 is 0 Å². The molecule has 0 saturated carbocycles. The Bertz CT molecular complexity index is 493. The molecule has 0 radical (unpaired) electrons.